The van der Waals surface area contributed by atoms with Crippen molar-refractivity contribution >= 4 is 34.6 Å². The second kappa shape index (κ2) is 9.94. The number of hydrogen-bond acceptors (Lipinski definition) is 6. The number of non-ortho nitro benzene ring substituents is 2. The number of aryl methyl sites for hydroxylation is 1. The second-order valence-corrected chi connectivity index (χ2v) is 6.82. The maximum absolute atomic E-state index is 12.4. The topological polar surface area (TPSA) is 144 Å². The summed E-state index contributed by atoms with van der Waals surface area (Å²) in [5.74, 6) is -0.897. The van der Waals surface area contributed by atoms with Gasteiger partial charge in [-0.3, -0.25) is 29.8 Å². The molecule has 10 heteroatoms. The fraction of sp³-hybridized carbons (Fsp3) is 0.0909. The normalized spacial score (nSPS) is 10.2. The Morgan fingerprint density at radius 2 is 1.28 bits per heavy atom. The van der Waals surface area contributed by atoms with Crippen molar-refractivity contribution in [1.82, 2.24) is 0 Å². The number of anilines is 2. The van der Waals surface area contributed by atoms with Crippen LogP contribution in [-0.4, -0.2) is 21.7 Å². The van der Waals surface area contributed by atoms with Crippen molar-refractivity contribution in [3.63, 3.8) is 0 Å². The van der Waals surface area contributed by atoms with E-state index in [0.29, 0.717) is 24.2 Å². The Bertz CT molecular complexity index is 1130. The number of nitro benzene ring substituents is 2. The number of amides is 2. The van der Waals surface area contributed by atoms with Crippen molar-refractivity contribution < 1.29 is 19.4 Å². The fourth-order valence-electron chi connectivity index (χ4n) is 2.90. The van der Waals surface area contributed by atoms with Gasteiger partial charge in [0, 0.05) is 29.9 Å². The van der Waals surface area contributed by atoms with Gasteiger partial charge in [-0.15, -0.1) is 0 Å². The van der Waals surface area contributed by atoms with Gasteiger partial charge in [0.05, 0.1) is 21.5 Å². The Morgan fingerprint density at radius 1 is 0.750 bits per heavy atom. The average Bonchev–Trinajstić information content (AvgIpc) is 2.79. The van der Waals surface area contributed by atoms with Crippen LogP contribution in [0.5, 0.6) is 0 Å². The molecule has 0 saturated heterocycles. The monoisotopic (exact) mass is 434 g/mol. The summed E-state index contributed by atoms with van der Waals surface area (Å²) in [6, 6.07) is 18.6. The zero-order valence-corrected chi connectivity index (χ0v) is 16.7. The standard InChI is InChI=1S/C22H18N4O6/c27-21(11-6-15-4-2-1-3-5-15)23-17-7-9-18(10-8-17)24-22(28)16-12-19(25(29)30)14-20(13-16)26(31)32/h1-5,7-10,12-14H,6,11H2,(H,23,27)(H,24,28). The van der Waals surface area contributed by atoms with Crippen LogP contribution in [0.1, 0.15) is 22.3 Å². The van der Waals surface area contributed by atoms with Crippen molar-refractivity contribution in [2.75, 3.05) is 10.6 Å². The zero-order valence-electron chi connectivity index (χ0n) is 16.7. The Balaban J connectivity index is 1.61. The highest BCUT2D eigenvalue weighted by atomic mass is 16.6. The number of rotatable bonds is 8. The van der Waals surface area contributed by atoms with Crippen LogP contribution >= 0.6 is 0 Å². The van der Waals surface area contributed by atoms with Gasteiger partial charge >= 0.3 is 0 Å². The van der Waals surface area contributed by atoms with Gasteiger partial charge in [0.15, 0.2) is 0 Å². The highest BCUT2D eigenvalue weighted by molar-refractivity contribution is 6.05. The van der Waals surface area contributed by atoms with Crippen LogP contribution in [0.4, 0.5) is 22.7 Å². The van der Waals surface area contributed by atoms with Gasteiger partial charge in [0.1, 0.15) is 0 Å². The van der Waals surface area contributed by atoms with Crippen molar-refractivity contribution in [3.8, 4) is 0 Å². The van der Waals surface area contributed by atoms with Gasteiger partial charge in [0.2, 0.25) is 5.91 Å². The molecule has 0 bridgehead atoms. The zero-order chi connectivity index (χ0) is 23.1. The lowest BCUT2D eigenvalue weighted by atomic mass is 10.1. The van der Waals surface area contributed by atoms with Gasteiger partial charge in [-0.25, -0.2) is 0 Å². The first-order chi connectivity index (χ1) is 15.3. The van der Waals surface area contributed by atoms with Crippen LogP contribution in [0.3, 0.4) is 0 Å². The third kappa shape index (κ3) is 5.95. The molecule has 162 valence electrons. The predicted molar refractivity (Wildman–Crippen MR) is 118 cm³/mol. The highest BCUT2D eigenvalue weighted by Gasteiger charge is 2.20. The van der Waals surface area contributed by atoms with Crippen molar-refractivity contribution in [2.45, 2.75) is 12.8 Å². The fourth-order valence-corrected chi connectivity index (χ4v) is 2.90. The largest absolute Gasteiger partial charge is 0.326 e. The van der Waals surface area contributed by atoms with E-state index in [2.05, 4.69) is 10.6 Å². The van der Waals surface area contributed by atoms with Crippen LogP contribution in [0.15, 0.2) is 72.8 Å². The number of benzene rings is 3. The molecule has 3 rings (SSSR count). The number of nitro groups is 2. The first-order valence-corrected chi connectivity index (χ1v) is 9.51. The second-order valence-electron chi connectivity index (χ2n) is 6.82. The van der Waals surface area contributed by atoms with E-state index in [0.717, 1.165) is 23.8 Å². The molecule has 2 amide bonds. The summed E-state index contributed by atoms with van der Waals surface area (Å²) in [6.45, 7) is 0. The van der Waals surface area contributed by atoms with E-state index in [1.54, 1.807) is 12.1 Å². The molecule has 2 N–H and O–H groups in total. The van der Waals surface area contributed by atoms with Gasteiger partial charge in [-0.05, 0) is 36.2 Å². The Hall–Kier alpha value is -4.60. The van der Waals surface area contributed by atoms with E-state index in [1.165, 1.54) is 12.1 Å². The van der Waals surface area contributed by atoms with E-state index < -0.39 is 27.1 Å². The first kappa shape index (κ1) is 22.1. The summed E-state index contributed by atoms with van der Waals surface area (Å²) < 4.78 is 0. The number of nitrogens with one attached hydrogen (secondary N) is 2. The molecular weight excluding hydrogens is 416 g/mol. The molecule has 0 radical (unpaired) electrons. The third-order valence-electron chi connectivity index (χ3n) is 4.50. The lowest BCUT2D eigenvalue weighted by molar-refractivity contribution is -0.394. The Morgan fingerprint density at radius 3 is 1.81 bits per heavy atom. The van der Waals surface area contributed by atoms with E-state index in [4.69, 9.17) is 0 Å². The smallest absolute Gasteiger partial charge is 0.277 e. The highest BCUT2D eigenvalue weighted by Crippen LogP contribution is 2.24. The first-order valence-electron chi connectivity index (χ1n) is 9.51. The van der Waals surface area contributed by atoms with Crippen LogP contribution in [0, 0.1) is 20.2 Å². The molecule has 0 unspecified atom stereocenters. The van der Waals surface area contributed by atoms with Crippen LogP contribution in [0.25, 0.3) is 0 Å². The van der Waals surface area contributed by atoms with E-state index in [1.807, 2.05) is 30.3 Å². The number of nitrogens with zero attached hydrogens (tertiary/aromatic N) is 2. The minimum Gasteiger partial charge on any atom is -0.326 e. The van der Waals surface area contributed by atoms with E-state index in [-0.39, 0.29) is 11.5 Å². The summed E-state index contributed by atoms with van der Waals surface area (Å²) in [5, 5.41) is 27.2. The summed E-state index contributed by atoms with van der Waals surface area (Å²) in [4.78, 5) is 44.9. The number of carbonyl (C=O) groups excluding carboxylic acids is 2. The molecule has 0 spiro atoms. The molecule has 10 nitrogen and oxygen atoms in total. The summed E-state index contributed by atoms with van der Waals surface area (Å²) in [5.41, 5.74) is 0.612. The molecule has 0 heterocycles. The quantitative estimate of drug-likeness (QED) is 0.399. The van der Waals surface area contributed by atoms with Crippen molar-refractivity contribution in [1.29, 1.82) is 0 Å². The maximum Gasteiger partial charge on any atom is 0.277 e. The van der Waals surface area contributed by atoms with Crippen LogP contribution < -0.4 is 10.6 Å². The molecule has 32 heavy (non-hydrogen) atoms. The SMILES string of the molecule is O=C(CCc1ccccc1)Nc1ccc(NC(=O)c2cc([N+](=O)[O-])cc([N+](=O)[O-])c2)cc1. The molecule has 3 aromatic carbocycles. The molecule has 0 aromatic heterocycles. The van der Waals surface area contributed by atoms with Crippen LogP contribution in [-0.2, 0) is 11.2 Å². The molecule has 0 aliphatic carbocycles. The Kier molecular flexibility index (Phi) is 6.86. The molecule has 0 aliphatic rings. The number of hydrogen-bond donors (Lipinski definition) is 2. The van der Waals surface area contributed by atoms with E-state index in [9.17, 15) is 29.8 Å². The minimum atomic E-state index is -0.806. The van der Waals surface area contributed by atoms with Gasteiger partial charge in [-0.2, -0.15) is 0 Å². The lowest BCUT2D eigenvalue weighted by Crippen LogP contribution is -2.14. The molecule has 0 saturated carbocycles. The summed E-state index contributed by atoms with van der Waals surface area (Å²) in [7, 11) is 0. The molecule has 0 aliphatic heterocycles. The molecular formula is C22H18N4O6. The third-order valence-corrected chi connectivity index (χ3v) is 4.50. The number of carbonyl (C=O) groups is 2. The van der Waals surface area contributed by atoms with Crippen LogP contribution in [0.2, 0.25) is 0 Å². The minimum absolute atomic E-state index is 0.158. The van der Waals surface area contributed by atoms with Gasteiger partial charge in [-0.1, -0.05) is 30.3 Å². The molecule has 0 atom stereocenters. The average molecular weight is 434 g/mol. The lowest BCUT2D eigenvalue weighted by Gasteiger charge is -2.08. The van der Waals surface area contributed by atoms with Crippen molar-refractivity contribution in [2.24, 2.45) is 0 Å². The van der Waals surface area contributed by atoms with Gasteiger partial charge < -0.3 is 10.6 Å². The maximum atomic E-state index is 12.4. The van der Waals surface area contributed by atoms with E-state index >= 15 is 0 Å². The molecule has 3 aromatic rings. The van der Waals surface area contributed by atoms with Crippen molar-refractivity contribution in [3.05, 3.63) is 104 Å². The Labute approximate surface area is 182 Å². The van der Waals surface area contributed by atoms with Gasteiger partial charge in [0.25, 0.3) is 17.3 Å². The summed E-state index contributed by atoms with van der Waals surface area (Å²) in [6.07, 6.45) is 0.921. The molecule has 0 fully saturated rings. The predicted octanol–water partition coefficient (Wildman–Crippen LogP) is 4.33. The summed E-state index contributed by atoms with van der Waals surface area (Å²) >= 11 is 0.